The van der Waals surface area contributed by atoms with Crippen LogP contribution in [0.15, 0.2) is 24.3 Å². The molecule has 1 aliphatic carbocycles. The van der Waals surface area contributed by atoms with Gasteiger partial charge in [0.15, 0.2) is 0 Å². The summed E-state index contributed by atoms with van der Waals surface area (Å²) < 4.78 is 5.15. The zero-order valence-electron chi connectivity index (χ0n) is 11.3. The molecule has 0 heterocycles. The molecule has 1 fully saturated rings. The second kappa shape index (κ2) is 6.03. The predicted octanol–water partition coefficient (Wildman–Crippen LogP) is 3.63. The van der Waals surface area contributed by atoms with Crippen LogP contribution in [-0.2, 0) is 11.2 Å². The molecule has 1 aromatic rings. The number of hydrogen-bond donors (Lipinski definition) is 0. The van der Waals surface area contributed by atoms with Crippen molar-refractivity contribution in [3.8, 4) is 5.75 Å². The summed E-state index contributed by atoms with van der Waals surface area (Å²) in [4.78, 5) is 12.0. The highest BCUT2D eigenvalue weighted by Gasteiger charge is 2.27. The lowest BCUT2D eigenvalue weighted by Gasteiger charge is -2.27. The van der Waals surface area contributed by atoms with Gasteiger partial charge < -0.3 is 4.74 Å². The van der Waals surface area contributed by atoms with Crippen molar-refractivity contribution in [2.75, 3.05) is 7.11 Å². The molecule has 18 heavy (non-hydrogen) atoms. The molecular weight excluding hydrogens is 224 g/mol. The Morgan fingerprint density at radius 3 is 2.61 bits per heavy atom. The van der Waals surface area contributed by atoms with Gasteiger partial charge in [-0.25, -0.2) is 0 Å². The number of benzene rings is 1. The molecule has 0 saturated heterocycles. The van der Waals surface area contributed by atoms with Crippen molar-refractivity contribution < 1.29 is 9.53 Å². The number of methoxy groups -OCH3 is 1. The van der Waals surface area contributed by atoms with Crippen LogP contribution in [-0.4, -0.2) is 12.9 Å². The van der Waals surface area contributed by atoms with Crippen molar-refractivity contribution >= 4 is 5.78 Å². The van der Waals surface area contributed by atoms with E-state index in [0.29, 0.717) is 5.78 Å². The summed E-state index contributed by atoms with van der Waals surface area (Å²) in [5.41, 5.74) is 1.24. The van der Waals surface area contributed by atoms with E-state index >= 15 is 0 Å². The summed E-state index contributed by atoms with van der Waals surface area (Å²) in [5.74, 6) is 2.30. The molecular formula is C16H22O2. The van der Waals surface area contributed by atoms with Crippen LogP contribution in [0.4, 0.5) is 0 Å². The summed E-state index contributed by atoms with van der Waals surface area (Å²) in [5, 5.41) is 0. The minimum atomic E-state index is 0.233. The Bertz CT molecular complexity index is 394. The molecule has 0 radical (unpaired) electrons. The van der Waals surface area contributed by atoms with Crippen molar-refractivity contribution in [2.45, 2.75) is 39.0 Å². The summed E-state index contributed by atoms with van der Waals surface area (Å²) in [6, 6.07) is 8.09. The van der Waals surface area contributed by atoms with Crippen LogP contribution in [0.2, 0.25) is 0 Å². The monoisotopic (exact) mass is 246 g/mol. The highest BCUT2D eigenvalue weighted by Crippen LogP contribution is 2.31. The van der Waals surface area contributed by atoms with E-state index in [4.69, 9.17) is 4.74 Å². The fourth-order valence-corrected chi connectivity index (χ4v) is 2.82. The molecule has 0 N–H and O–H groups in total. The van der Waals surface area contributed by atoms with Gasteiger partial charge in [0.25, 0.3) is 0 Å². The fraction of sp³-hybridized carbons (Fsp3) is 0.562. The zero-order chi connectivity index (χ0) is 13.0. The van der Waals surface area contributed by atoms with Crippen molar-refractivity contribution in [1.82, 2.24) is 0 Å². The second-order valence-electron chi connectivity index (χ2n) is 5.26. The Balaban J connectivity index is 2.00. The first kappa shape index (κ1) is 13.1. The number of rotatable bonds is 4. The second-order valence-corrected chi connectivity index (χ2v) is 5.26. The summed E-state index contributed by atoms with van der Waals surface area (Å²) in [6.45, 7) is 2.23. The lowest BCUT2D eigenvalue weighted by atomic mass is 9.77. The third-order valence-corrected chi connectivity index (χ3v) is 4.09. The number of ether oxygens (including phenoxy) is 1. The summed E-state index contributed by atoms with van der Waals surface area (Å²) in [7, 11) is 1.67. The standard InChI is InChI=1S/C16H22O2/c1-3-12-6-9-16(17)14(10-12)11-13-4-7-15(18-2)8-5-13/h4-5,7-8,12,14H,3,6,9-11H2,1-2H3. The van der Waals surface area contributed by atoms with Crippen LogP contribution in [0.3, 0.4) is 0 Å². The first-order chi connectivity index (χ1) is 8.72. The molecule has 98 valence electrons. The van der Waals surface area contributed by atoms with Crippen LogP contribution in [0.25, 0.3) is 0 Å². The maximum atomic E-state index is 12.0. The first-order valence-corrected chi connectivity index (χ1v) is 6.88. The molecule has 0 aliphatic heterocycles. The molecule has 2 rings (SSSR count). The Kier molecular flexibility index (Phi) is 4.40. The topological polar surface area (TPSA) is 26.3 Å². The van der Waals surface area contributed by atoms with Gasteiger partial charge in [-0.2, -0.15) is 0 Å². The van der Waals surface area contributed by atoms with Crippen LogP contribution in [0.1, 0.15) is 38.2 Å². The first-order valence-electron chi connectivity index (χ1n) is 6.88. The molecule has 2 unspecified atom stereocenters. The zero-order valence-corrected chi connectivity index (χ0v) is 11.3. The Morgan fingerprint density at radius 2 is 2.00 bits per heavy atom. The maximum absolute atomic E-state index is 12.0. The molecule has 1 aliphatic rings. The van der Waals surface area contributed by atoms with Gasteiger partial charge in [0, 0.05) is 12.3 Å². The molecule has 2 nitrogen and oxygen atoms in total. The van der Waals surface area contributed by atoms with Gasteiger partial charge >= 0.3 is 0 Å². The molecule has 1 aromatic carbocycles. The largest absolute Gasteiger partial charge is 0.497 e. The van der Waals surface area contributed by atoms with Gasteiger partial charge in [-0.15, -0.1) is 0 Å². The maximum Gasteiger partial charge on any atom is 0.136 e. The van der Waals surface area contributed by atoms with E-state index in [0.717, 1.165) is 37.4 Å². The molecule has 2 heteroatoms. The fourth-order valence-electron chi connectivity index (χ4n) is 2.82. The van der Waals surface area contributed by atoms with Gasteiger partial charge in [0.2, 0.25) is 0 Å². The molecule has 1 saturated carbocycles. The highest BCUT2D eigenvalue weighted by molar-refractivity contribution is 5.82. The van der Waals surface area contributed by atoms with E-state index in [1.807, 2.05) is 12.1 Å². The summed E-state index contributed by atoms with van der Waals surface area (Å²) in [6.07, 6.45) is 5.03. The molecule has 0 amide bonds. The minimum Gasteiger partial charge on any atom is -0.497 e. The van der Waals surface area contributed by atoms with Crippen LogP contribution in [0.5, 0.6) is 5.75 Å². The Hall–Kier alpha value is -1.31. The lowest BCUT2D eigenvalue weighted by Crippen LogP contribution is -2.26. The van der Waals surface area contributed by atoms with E-state index in [1.165, 1.54) is 12.0 Å². The van der Waals surface area contributed by atoms with E-state index in [1.54, 1.807) is 7.11 Å². The molecule has 0 bridgehead atoms. The van der Waals surface area contributed by atoms with Crippen LogP contribution < -0.4 is 4.74 Å². The van der Waals surface area contributed by atoms with E-state index < -0.39 is 0 Å². The van der Waals surface area contributed by atoms with E-state index in [2.05, 4.69) is 19.1 Å². The summed E-state index contributed by atoms with van der Waals surface area (Å²) >= 11 is 0. The molecule has 0 aromatic heterocycles. The number of carbonyl (C=O) groups excluding carboxylic acids is 1. The third-order valence-electron chi connectivity index (χ3n) is 4.09. The van der Waals surface area contributed by atoms with E-state index in [-0.39, 0.29) is 5.92 Å². The smallest absolute Gasteiger partial charge is 0.136 e. The molecule has 2 atom stereocenters. The van der Waals surface area contributed by atoms with E-state index in [9.17, 15) is 4.79 Å². The van der Waals surface area contributed by atoms with Gasteiger partial charge in [-0.05, 0) is 42.9 Å². The Morgan fingerprint density at radius 1 is 1.28 bits per heavy atom. The van der Waals surface area contributed by atoms with Crippen molar-refractivity contribution in [2.24, 2.45) is 11.8 Å². The van der Waals surface area contributed by atoms with Crippen LogP contribution >= 0.6 is 0 Å². The SMILES string of the molecule is CCC1CCC(=O)C(Cc2ccc(OC)cc2)C1. The number of ketones is 1. The minimum absolute atomic E-state index is 0.233. The average molecular weight is 246 g/mol. The number of hydrogen-bond acceptors (Lipinski definition) is 2. The number of carbonyl (C=O) groups is 1. The highest BCUT2D eigenvalue weighted by atomic mass is 16.5. The molecule has 0 spiro atoms. The van der Waals surface area contributed by atoms with Gasteiger partial charge in [-0.3, -0.25) is 4.79 Å². The van der Waals surface area contributed by atoms with Gasteiger partial charge in [-0.1, -0.05) is 25.5 Å². The van der Waals surface area contributed by atoms with Gasteiger partial charge in [0.1, 0.15) is 11.5 Å². The van der Waals surface area contributed by atoms with Crippen molar-refractivity contribution in [1.29, 1.82) is 0 Å². The average Bonchev–Trinajstić information content (AvgIpc) is 2.42. The predicted molar refractivity (Wildman–Crippen MR) is 72.8 cm³/mol. The normalized spacial score (nSPS) is 24.0. The number of Topliss-reactive ketones (excluding diaryl/α,β-unsaturated/α-hetero) is 1. The van der Waals surface area contributed by atoms with Gasteiger partial charge in [0.05, 0.1) is 7.11 Å². The Labute approximate surface area is 109 Å². The lowest BCUT2D eigenvalue weighted by molar-refractivity contribution is -0.125. The van der Waals surface area contributed by atoms with Crippen molar-refractivity contribution in [3.05, 3.63) is 29.8 Å². The quantitative estimate of drug-likeness (QED) is 0.811. The third kappa shape index (κ3) is 3.12. The van der Waals surface area contributed by atoms with Crippen molar-refractivity contribution in [3.63, 3.8) is 0 Å². The van der Waals surface area contributed by atoms with Crippen LogP contribution in [0, 0.1) is 11.8 Å².